The minimum atomic E-state index is -3.57. The van der Waals surface area contributed by atoms with Crippen LogP contribution in [0.15, 0.2) is 34.8 Å². The summed E-state index contributed by atoms with van der Waals surface area (Å²) in [7, 11) is -3.57. The first-order valence-corrected chi connectivity index (χ1v) is 8.81. The van der Waals surface area contributed by atoms with Crippen LogP contribution in [0.1, 0.15) is 23.8 Å². The molecule has 20 heavy (non-hydrogen) atoms. The van der Waals surface area contributed by atoms with Crippen LogP contribution in [0.2, 0.25) is 5.28 Å². The van der Waals surface area contributed by atoms with Crippen molar-refractivity contribution < 1.29 is 8.42 Å². The monoisotopic (exact) mass is 329 g/mol. The van der Waals surface area contributed by atoms with Crippen LogP contribution in [0.25, 0.3) is 0 Å². The number of hydrogen-bond acceptors (Lipinski definition) is 5. The van der Waals surface area contributed by atoms with Gasteiger partial charge in [0.05, 0.1) is 18.4 Å². The quantitative estimate of drug-likeness (QED) is 0.812. The summed E-state index contributed by atoms with van der Waals surface area (Å²) in [4.78, 5) is 8.67. The van der Waals surface area contributed by atoms with Crippen LogP contribution in [0, 0.1) is 0 Å². The summed E-state index contributed by atoms with van der Waals surface area (Å²) in [6, 6.07) is 3.83. The number of rotatable bonds is 3. The van der Waals surface area contributed by atoms with Crippen LogP contribution in [0.4, 0.5) is 0 Å². The lowest BCUT2D eigenvalue weighted by atomic mass is 10.2. The second-order valence-corrected chi connectivity index (χ2v) is 7.68. The van der Waals surface area contributed by atoms with E-state index in [2.05, 4.69) is 9.97 Å². The third kappa shape index (κ3) is 2.46. The number of nitrogens with zero attached hydrogens (tertiary/aromatic N) is 3. The number of aromatic nitrogens is 2. The van der Waals surface area contributed by atoms with Crippen LogP contribution >= 0.6 is 22.9 Å². The van der Waals surface area contributed by atoms with Crippen LogP contribution < -0.4 is 0 Å². The molecule has 0 bridgehead atoms. The van der Waals surface area contributed by atoms with Gasteiger partial charge in [0, 0.05) is 11.4 Å². The average molecular weight is 330 g/mol. The molecule has 1 aliphatic rings. The minimum Gasteiger partial charge on any atom is -0.225 e. The van der Waals surface area contributed by atoms with E-state index in [0.29, 0.717) is 6.54 Å². The van der Waals surface area contributed by atoms with Crippen LogP contribution in [-0.4, -0.2) is 29.2 Å². The maximum absolute atomic E-state index is 12.7. The molecule has 1 saturated heterocycles. The van der Waals surface area contributed by atoms with Gasteiger partial charge in [-0.25, -0.2) is 18.4 Å². The van der Waals surface area contributed by atoms with E-state index in [1.807, 2.05) is 17.5 Å². The van der Waals surface area contributed by atoms with Gasteiger partial charge in [-0.05, 0) is 35.9 Å². The third-order valence-electron chi connectivity index (χ3n) is 3.28. The van der Waals surface area contributed by atoms with Crippen LogP contribution in [0.3, 0.4) is 0 Å². The van der Waals surface area contributed by atoms with Gasteiger partial charge < -0.3 is 0 Å². The number of thiophene rings is 1. The van der Waals surface area contributed by atoms with Gasteiger partial charge in [-0.15, -0.1) is 11.3 Å². The lowest BCUT2D eigenvalue weighted by Crippen LogP contribution is -2.30. The lowest BCUT2D eigenvalue weighted by Gasteiger charge is -2.22. The van der Waals surface area contributed by atoms with Crippen molar-refractivity contribution >= 4 is 33.0 Å². The van der Waals surface area contributed by atoms with Gasteiger partial charge in [-0.3, -0.25) is 0 Å². The number of halogens is 1. The molecular weight excluding hydrogens is 318 g/mol. The molecule has 1 atom stereocenters. The zero-order chi connectivity index (χ0) is 14.2. The van der Waals surface area contributed by atoms with Crippen molar-refractivity contribution in [3.05, 3.63) is 40.1 Å². The zero-order valence-corrected chi connectivity index (χ0v) is 12.8. The van der Waals surface area contributed by atoms with Gasteiger partial charge in [0.25, 0.3) is 0 Å². The molecule has 0 radical (unpaired) electrons. The summed E-state index contributed by atoms with van der Waals surface area (Å²) in [6.45, 7) is 0.521. The van der Waals surface area contributed by atoms with Crippen molar-refractivity contribution in [1.29, 1.82) is 0 Å². The van der Waals surface area contributed by atoms with Gasteiger partial charge in [0.1, 0.15) is 4.90 Å². The summed E-state index contributed by atoms with van der Waals surface area (Å²) in [5, 5.41) is 2.00. The molecular formula is C12H12ClN3O2S2. The highest BCUT2D eigenvalue weighted by Crippen LogP contribution is 2.38. The summed E-state index contributed by atoms with van der Waals surface area (Å²) in [5.41, 5.74) is 0. The maximum Gasteiger partial charge on any atom is 0.246 e. The molecule has 0 spiro atoms. The van der Waals surface area contributed by atoms with Crippen molar-refractivity contribution in [3.63, 3.8) is 0 Å². The Bertz CT molecular complexity index is 686. The van der Waals surface area contributed by atoms with Gasteiger partial charge in [0.15, 0.2) is 0 Å². The summed E-state index contributed by atoms with van der Waals surface area (Å²) in [5.74, 6) is 0. The van der Waals surface area contributed by atoms with E-state index in [4.69, 9.17) is 11.6 Å². The first-order valence-electron chi connectivity index (χ1n) is 6.12. The maximum atomic E-state index is 12.7. The Morgan fingerprint density at radius 3 is 2.75 bits per heavy atom. The summed E-state index contributed by atoms with van der Waals surface area (Å²) < 4.78 is 26.9. The second kappa shape index (κ2) is 5.40. The molecule has 5 nitrogen and oxygen atoms in total. The molecule has 8 heteroatoms. The van der Waals surface area contributed by atoms with Crippen molar-refractivity contribution in [2.75, 3.05) is 6.54 Å². The normalized spacial score (nSPS) is 20.4. The van der Waals surface area contributed by atoms with Crippen LogP contribution in [-0.2, 0) is 10.0 Å². The Kier molecular flexibility index (Phi) is 3.76. The Morgan fingerprint density at radius 2 is 2.10 bits per heavy atom. The summed E-state index contributed by atoms with van der Waals surface area (Å²) in [6.07, 6.45) is 4.22. The molecule has 0 aliphatic carbocycles. The molecule has 2 aromatic heterocycles. The highest BCUT2D eigenvalue weighted by Gasteiger charge is 2.36. The fourth-order valence-electron chi connectivity index (χ4n) is 2.36. The van der Waals surface area contributed by atoms with E-state index in [0.717, 1.165) is 17.7 Å². The average Bonchev–Trinajstić information content (AvgIpc) is 3.10. The summed E-state index contributed by atoms with van der Waals surface area (Å²) >= 11 is 7.18. The topological polar surface area (TPSA) is 63.2 Å². The predicted octanol–water partition coefficient (Wildman–Crippen LogP) is 2.72. The molecule has 1 unspecified atom stereocenters. The van der Waals surface area contributed by atoms with E-state index in [-0.39, 0.29) is 16.2 Å². The Hall–Kier alpha value is -1.02. The lowest BCUT2D eigenvalue weighted by molar-refractivity contribution is 0.400. The molecule has 0 saturated carbocycles. The fraction of sp³-hybridized carbons (Fsp3) is 0.333. The molecule has 2 aromatic rings. The first kappa shape index (κ1) is 13.9. The molecule has 1 aliphatic heterocycles. The van der Waals surface area contributed by atoms with E-state index < -0.39 is 10.0 Å². The molecule has 0 amide bonds. The number of sulfonamides is 1. The zero-order valence-electron chi connectivity index (χ0n) is 10.4. The van der Waals surface area contributed by atoms with E-state index >= 15 is 0 Å². The highest BCUT2D eigenvalue weighted by atomic mass is 35.5. The number of hydrogen-bond donors (Lipinski definition) is 0. The minimum absolute atomic E-state index is 0.0418. The van der Waals surface area contributed by atoms with Gasteiger partial charge in [-0.1, -0.05) is 6.07 Å². The Labute approximate surface area is 126 Å². The first-order chi connectivity index (χ1) is 9.59. The molecule has 0 N–H and O–H groups in total. The van der Waals surface area contributed by atoms with Crippen molar-refractivity contribution in [1.82, 2.24) is 14.3 Å². The fourth-order valence-corrected chi connectivity index (χ4v) is 4.97. The van der Waals surface area contributed by atoms with E-state index in [9.17, 15) is 8.42 Å². The van der Waals surface area contributed by atoms with Gasteiger partial charge in [0.2, 0.25) is 15.3 Å². The van der Waals surface area contributed by atoms with E-state index in [1.54, 1.807) is 11.3 Å². The molecule has 0 aromatic carbocycles. The molecule has 3 heterocycles. The molecule has 3 rings (SSSR count). The second-order valence-electron chi connectivity index (χ2n) is 4.48. The SMILES string of the molecule is O=S(=O)(c1cnc(Cl)nc1)N1CCCC1c1cccs1. The third-order valence-corrected chi connectivity index (χ3v) is 6.31. The van der Waals surface area contributed by atoms with Crippen molar-refractivity contribution in [2.24, 2.45) is 0 Å². The Balaban J connectivity index is 1.96. The van der Waals surface area contributed by atoms with Gasteiger partial charge >= 0.3 is 0 Å². The van der Waals surface area contributed by atoms with Crippen molar-refractivity contribution in [2.45, 2.75) is 23.8 Å². The standard InChI is InChI=1S/C12H12ClN3O2S2/c13-12-14-7-9(8-15-12)20(17,18)16-5-1-3-10(16)11-4-2-6-19-11/h2,4,6-8,10H,1,3,5H2. The molecule has 1 fully saturated rings. The molecule has 106 valence electrons. The highest BCUT2D eigenvalue weighted by molar-refractivity contribution is 7.89. The van der Waals surface area contributed by atoms with Gasteiger partial charge in [-0.2, -0.15) is 4.31 Å². The largest absolute Gasteiger partial charge is 0.246 e. The smallest absolute Gasteiger partial charge is 0.225 e. The predicted molar refractivity (Wildman–Crippen MR) is 77.2 cm³/mol. The van der Waals surface area contributed by atoms with E-state index in [1.165, 1.54) is 16.7 Å². The van der Waals surface area contributed by atoms with Crippen LogP contribution in [0.5, 0.6) is 0 Å². The Morgan fingerprint density at radius 1 is 1.35 bits per heavy atom. The van der Waals surface area contributed by atoms with Crippen molar-refractivity contribution in [3.8, 4) is 0 Å².